The van der Waals surface area contributed by atoms with Crippen LogP contribution in [0.4, 0.5) is 10.1 Å². The Morgan fingerprint density at radius 2 is 2.17 bits per heavy atom. The predicted molar refractivity (Wildman–Crippen MR) is 71.1 cm³/mol. The standard InChI is InChI=1S/C14H18FN3/c1-10(2)18-9-14(11(3)17-18)16-8-12-5-4-6-13(15)7-12/h4-7,9-10,16H,8H2,1-3H3. The highest BCUT2D eigenvalue weighted by molar-refractivity contribution is 5.46. The van der Waals surface area contributed by atoms with E-state index in [1.807, 2.05) is 23.9 Å². The number of hydrogen-bond acceptors (Lipinski definition) is 2. The number of benzene rings is 1. The fourth-order valence-electron chi connectivity index (χ4n) is 1.76. The lowest BCUT2D eigenvalue weighted by molar-refractivity contribution is 0.529. The number of hydrogen-bond donors (Lipinski definition) is 1. The van der Waals surface area contributed by atoms with Crippen LogP contribution in [0.2, 0.25) is 0 Å². The fraction of sp³-hybridized carbons (Fsp3) is 0.357. The Hall–Kier alpha value is -1.84. The summed E-state index contributed by atoms with van der Waals surface area (Å²) in [5.74, 6) is -0.205. The molecule has 1 N–H and O–H groups in total. The quantitative estimate of drug-likeness (QED) is 0.895. The first kappa shape index (κ1) is 12.6. The smallest absolute Gasteiger partial charge is 0.123 e. The monoisotopic (exact) mass is 247 g/mol. The summed E-state index contributed by atoms with van der Waals surface area (Å²) in [4.78, 5) is 0. The van der Waals surface area contributed by atoms with Gasteiger partial charge in [-0.3, -0.25) is 4.68 Å². The van der Waals surface area contributed by atoms with Gasteiger partial charge in [0.15, 0.2) is 0 Å². The minimum absolute atomic E-state index is 0.205. The van der Waals surface area contributed by atoms with Crippen LogP contribution in [0.15, 0.2) is 30.5 Å². The highest BCUT2D eigenvalue weighted by Gasteiger charge is 2.06. The second-order valence-corrected chi connectivity index (χ2v) is 4.69. The van der Waals surface area contributed by atoms with E-state index in [1.165, 1.54) is 12.1 Å². The number of halogens is 1. The first-order chi connectivity index (χ1) is 8.56. The van der Waals surface area contributed by atoms with Crippen molar-refractivity contribution in [2.24, 2.45) is 0 Å². The second kappa shape index (κ2) is 5.21. The number of aryl methyl sites for hydroxylation is 1. The molecular weight excluding hydrogens is 229 g/mol. The van der Waals surface area contributed by atoms with Gasteiger partial charge in [-0.25, -0.2) is 4.39 Å². The van der Waals surface area contributed by atoms with Crippen LogP contribution in [0, 0.1) is 12.7 Å². The molecule has 2 rings (SSSR count). The van der Waals surface area contributed by atoms with Gasteiger partial charge in [-0.05, 0) is 38.5 Å². The highest BCUT2D eigenvalue weighted by Crippen LogP contribution is 2.17. The molecule has 1 aromatic carbocycles. The van der Waals surface area contributed by atoms with Gasteiger partial charge in [0.2, 0.25) is 0 Å². The normalized spacial score (nSPS) is 10.9. The average molecular weight is 247 g/mol. The summed E-state index contributed by atoms with van der Waals surface area (Å²) in [5.41, 5.74) is 2.87. The molecule has 0 saturated carbocycles. The molecule has 0 spiro atoms. The highest BCUT2D eigenvalue weighted by atomic mass is 19.1. The Bertz CT molecular complexity index is 532. The van der Waals surface area contributed by atoms with Crippen molar-refractivity contribution in [3.05, 3.63) is 47.5 Å². The summed E-state index contributed by atoms with van der Waals surface area (Å²) in [5, 5.41) is 7.70. The van der Waals surface area contributed by atoms with Crippen molar-refractivity contribution in [2.45, 2.75) is 33.4 Å². The Labute approximate surface area is 107 Å². The van der Waals surface area contributed by atoms with Crippen LogP contribution < -0.4 is 5.32 Å². The van der Waals surface area contributed by atoms with E-state index in [0.717, 1.165) is 16.9 Å². The number of nitrogens with zero attached hydrogens (tertiary/aromatic N) is 2. The van der Waals surface area contributed by atoms with E-state index >= 15 is 0 Å². The fourth-order valence-corrected chi connectivity index (χ4v) is 1.76. The van der Waals surface area contributed by atoms with Crippen LogP contribution in [-0.4, -0.2) is 9.78 Å². The lowest BCUT2D eigenvalue weighted by atomic mass is 10.2. The van der Waals surface area contributed by atoms with Crippen molar-refractivity contribution < 1.29 is 4.39 Å². The Morgan fingerprint density at radius 3 is 2.78 bits per heavy atom. The molecule has 1 heterocycles. The van der Waals surface area contributed by atoms with Crippen LogP contribution in [0.25, 0.3) is 0 Å². The van der Waals surface area contributed by atoms with E-state index < -0.39 is 0 Å². The van der Waals surface area contributed by atoms with Crippen LogP contribution in [0.5, 0.6) is 0 Å². The van der Waals surface area contributed by atoms with E-state index in [1.54, 1.807) is 6.07 Å². The van der Waals surface area contributed by atoms with E-state index in [-0.39, 0.29) is 5.82 Å². The summed E-state index contributed by atoms with van der Waals surface area (Å²) in [6, 6.07) is 6.95. The summed E-state index contributed by atoms with van der Waals surface area (Å²) < 4.78 is 15.0. The number of anilines is 1. The van der Waals surface area contributed by atoms with Gasteiger partial charge in [0.1, 0.15) is 5.82 Å². The first-order valence-electron chi connectivity index (χ1n) is 6.10. The summed E-state index contributed by atoms with van der Waals surface area (Å²) in [6.07, 6.45) is 1.99. The Kier molecular flexibility index (Phi) is 3.65. The molecule has 0 aliphatic carbocycles. The van der Waals surface area contributed by atoms with Crippen molar-refractivity contribution in [1.29, 1.82) is 0 Å². The lowest BCUT2D eigenvalue weighted by Crippen LogP contribution is -2.01. The molecule has 0 bridgehead atoms. The van der Waals surface area contributed by atoms with Gasteiger partial charge in [0.25, 0.3) is 0 Å². The summed E-state index contributed by atoms with van der Waals surface area (Å²) in [6.45, 7) is 6.74. The molecule has 3 nitrogen and oxygen atoms in total. The zero-order valence-electron chi connectivity index (χ0n) is 10.9. The van der Waals surface area contributed by atoms with E-state index in [2.05, 4.69) is 24.3 Å². The molecule has 0 aliphatic rings. The molecule has 1 aromatic heterocycles. The molecule has 2 aromatic rings. The molecule has 0 unspecified atom stereocenters. The summed E-state index contributed by atoms with van der Waals surface area (Å²) >= 11 is 0. The maximum absolute atomic E-state index is 13.0. The molecule has 96 valence electrons. The van der Waals surface area contributed by atoms with E-state index in [4.69, 9.17) is 0 Å². The molecule has 4 heteroatoms. The minimum atomic E-state index is -0.205. The van der Waals surface area contributed by atoms with Gasteiger partial charge >= 0.3 is 0 Å². The third-order valence-corrected chi connectivity index (χ3v) is 2.82. The van der Waals surface area contributed by atoms with Crippen molar-refractivity contribution in [3.8, 4) is 0 Å². The van der Waals surface area contributed by atoms with Gasteiger partial charge < -0.3 is 5.32 Å². The lowest BCUT2D eigenvalue weighted by Gasteiger charge is -2.05. The maximum atomic E-state index is 13.0. The van der Waals surface area contributed by atoms with Crippen LogP contribution in [0.1, 0.15) is 31.1 Å². The minimum Gasteiger partial charge on any atom is -0.378 e. The van der Waals surface area contributed by atoms with Gasteiger partial charge in [-0.15, -0.1) is 0 Å². The predicted octanol–water partition coefficient (Wildman–Crippen LogP) is 3.52. The topological polar surface area (TPSA) is 29.9 Å². The average Bonchev–Trinajstić information content (AvgIpc) is 2.68. The van der Waals surface area contributed by atoms with Crippen molar-refractivity contribution >= 4 is 5.69 Å². The van der Waals surface area contributed by atoms with Crippen molar-refractivity contribution in [3.63, 3.8) is 0 Å². The molecule has 18 heavy (non-hydrogen) atoms. The number of aromatic nitrogens is 2. The molecular formula is C14H18FN3. The van der Waals surface area contributed by atoms with Crippen molar-refractivity contribution in [2.75, 3.05) is 5.32 Å². The largest absolute Gasteiger partial charge is 0.378 e. The van der Waals surface area contributed by atoms with Crippen molar-refractivity contribution in [1.82, 2.24) is 9.78 Å². The van der Waals surface area contributed by atoms with Crippen LogP contribution in [0.3, 0.4) is 0 Å². The zero-order valence-corrected chi connectivity index (χ0v) is 10.9. The molecule has 0 amide bonds. The Balaban J connectivity index is 2.06. The van der Waals surface area contributed by atoms with Gasteiger partial charge in [0.05, 0.1) is 11.4 Å². The van der Waals surface area contributed by atoms with Crippen LogP contribution in [-0.2, 0) is 6.54 Å². The molecule has 0 saturated heterocycles. The van der Waals surface area contributed by atoms with E-state index in [9.17, 15) is 4.39 Å². The van der Waals surface area contributed by atoms with Gasteiger partial charge in [-0.1, -0.05) is 12.1 Å². The first-order valence-corrected chi connectivity index (χ1v) is 6.10. The van der Waals surface area contributed by atoms with Gasteiger partial charge in [0, 0.05) is 18.8 Å². The molecule has 0 atom stereocenters. The Morgan fingerprint density at radius 1 is 1.39 bits per heavy atom. The molecule has 0 radical (unpaired) electrons. The van der Waals surface area contributed by atoms with Crippen LogP contribution >= 0.6 is 0 Å². The van der Waals surface area contributed by atoms with Gasteiger partial charge in [-0.2, -0.15) is 5.10 Å². The molecule has 0 fully saturated rings. The number of nitrogens with one attached hydrogen (secondary N) is 1. The summed E-state index contributed by atoms with van der Waals surface area (Å²) in [7, 11) is 0. The third kappa shape index (κ3) is 2.88. The second-order valence-electron chi connectivity index (χ2n) is 4.69. The van der Waals surface area contributed by atoms with E-state index in [0.29, 0.717) is 12.6 Å². The number of rotatable bonds is 4. The maximum Gasteiger partial charge on any atom is 0.123 e. The molecule has 0 aliphatic heterocycles. The SMILES string of the molecule is Cc1nn(C(C)C)cc1NCc1cccc(F)c1. The third-order valence-electron chi connectivity index (χ3n) is 2.82. The zero-order chi connectivity index (χ0) is 13.1.